The molecule has 30 heavy (non-hydrogen) atoms. The highest BCUT2D eigenvalue weighted by atomic mass is 32.2. The highest BCUT2D eigenvalue weighted by Crippen LogP contribution is 2.22. The number of aromatic nitrogens is 2. The Kier molecular flexibility index (Phi) is 6.96. The number of carbonyl (C=O) groups excluding carboxylic acids is 1. The van der Waals surface area contributed by atoms with E-state index in [1.165, 1.54) is 23.7 Å². The van der Waals surface area contributed by atoms with Gasteiger partial charge in [0.1, 0.15) is 11.6 Å². The Balaban J connectivity index is 1.30. The van der Waals surface area contributed by atoms with Crippen molar-refractivity contribution < 1.29 is 9.18 Å². The van der Waals surface area contributed by atoms with Crippen LogP contribution in [-0.4, -0.2) is 52.1 Å². The fourth-order valence-electron chi connectivity index (χ4n) is 3.34. The number of carbonyl (C=O) groups is 1. The third-order valence-corrected chi connectivity index (χ3v) is 6.77. The SMILES string of the molecule is O=C(CSc1ccccc1)N1CCCN(c2nc(Cc3ccc(F)cc3)ns2)CC1. The van der Waals surface area contributed by atoms with Gasteiger partial charge in [-0.15, -0.1) is 11.8 Å². The maximum Gasteiger partial charge on any atom is 0.232 e. The van der Waals surface area contributed by atoms with Crippen LogP contribution in [-0.2, 0) is 11.2 Å². The standard InChI is InChI=1S/C22H23FN4OS2/c23-18-9-7-17(8-10-18)15-20-24-22(30-25-20)27-12-4-11-26(13-14-27)21(28)16-29-19-5-2-1-3-6-19/h1-3,5-10H,4,11-16H2. The summed E-state index contributed by atoms with van der Waals surface area (Å²) < 4.78 is 17.5. The number of hydrogen-bond acceptors (Lipinski definition) is 6. The van der Waals surface area contributed by atoms with Crippen LogP contribution in [0.5, 0.6) is 0 Å². The van der Waals surface area contributed by atoms with Crippen LogP contribution in [0.1, 0.15) is 17.8 Å². The number of amides is 1. The first-order valence-corrected chi connectivity index (χ1v) is 11.7. The van der Waals surface area contributed by atoms with Crippen LogP contribution in [0, 0.1) is 5.82 Å². The lowest BCUT2D eigenvalue weighted by Gasteiger charge is -2.21. The van der Waals surface area contributed by atoms with E-state index in [1.807, 2.05) is 35.2 Å². The molecule has 4 rings (SSSR count). The number of hydrogen-bond donors (Lipinski definition) is 0. The minimum atomic E-state index is -0.239. The summed E-state index contributed by atoms with van der Waals surface area (Å²) in [5.41, 5.74) is 0.990. The monoisotopic (exact) mass is 442 g/mol. The predicted molar refractivity (Wildman–Crippen MR) is 120 cm³/mol. The average molecular weight is 443 g/mol. The van der Waals surface area contributed by atoms with E-state index in [0.29, 0.717) is 18.7 Å². The third kappa shape index (κ3) is 5.58. The lowest BCUT2D eigenvalue weighted by molar-refractivity contribution is -0.128. The highest BCUT2D eigenvalue weighted by molar-refractivity contribution is 8.00. The van der Waals surface area contributed by atoms with Crippen molar-refractivity contribution >= 4 is 34.3 Å². The highest BCUT2D eigenvalue weighted by Gasteiger charge is 2.21. The van der Waals surface area contributed by atoms with Crippen molar-refractivity contribution in [3.63, 3.8) is 0 Å². The maximum absolute atomic E-state index is 13.1. The van der Waals surface area contributed by atoms with Crippen molar-refractivity contribution in [2.75, 3.05) is 36.8 Å². The zero-order chi connectivity index (χ0) is 20.8. The predicted octanol–water partition coefficient (Wildman–Crippen LogP) is 4.10. The zero-order valence-corrected chi connectivity index (χ0v) is 18.2. The molecule has 5 nitrogen and oxygen atoms in total. The van der Waals surface area contributed by atoms with Crippen LogP contribution in [0.4, 0.5) is 9.52 Å². The fraction of sp³-hybridized carbons (Fsp3) is 0.318. The second-order valence-corrected chi connectivity index (χ2v) is 8.90. The van der Waals surface area contributed by atoms with Gasteiger partial charge in [0, 0.05) is 49.0 Å². The van der Waals surface area contributed by atoms with Gasteiger partial charge in [-0.3, -0.25) is 4.79 Å². The second kappa shape index (κ2) is 10.0. The van der Waals surface area contributed by atoms with E-state index in [2.05, 4.69) is 14.3 Å². The van der Waals surface area contributed by atoms with Crippen molar-refractivity contribution in [3.8, 4) is 0 Å². The number of thioether (sulfide) groups is 1. The molecule has 1 amide bonds. The Morgan fingerprint density at radius 1 is 1.03 bits per heavy atom. The molecule has 0 saturated carbocycles. The molecule has 0 atom stereocenters. The Morgan fingerprint density at radius 3 is 2.63 bits per heavy atom. The van der Waals surface area contributed by atoms with E-state index < -0.39 is 0 Å². The van der Waals surface area contributed by atoms with Crippen LogP contribution in [0.2, 0.25) is 0 Å². The Labute approximate surface area is 184 Å². The summed E-state index contributed by atoms with van der Waals surface area (Å²) in [6.07, 6.45) is 1.50. The molecule has 0 N–H and O–H groups in total. The molecule has 0 bridgehead atoms. The summed E-state index contributed by atoms with van der Waals surface area (Å²) in [5.74, 6) is 1.15. The normalized spacial score (nSPS) is 14.6. The summed E-state index contributed by atoms with van der Waals surface area (Å²) in [7, 11) is 0. The largest absolute Gasteiger partial charge is 0.345 e. The van der Waals surface area contributed by atoms with Gasteiger partial charge in [0.2, 0.25) is 11.0 Å². The van der Waals surface area contributed by atoms with Crippen LogP contribution in [0.3, 0.4) is 0 Å². The molecule has 0 aliphatic carbocycles. The van der Waals surface area contributed by atoms with Crippen molar-refractivity contribution in [3.05, 3.63) is 71.8 Å². The first-order valence-electron chi connectivity index (χ1n) is 9.95. The third-order valence-electron chi connectivity index (χ3n) is 4.96. The summed E-state index contributed by atoms with van der Waals surface area (Å²) in [6, 6.07) is 16.5. The number of benzene rings is 2. The molecule has 0 spiro atoms. The fourth-order valence-corrected chi connectivity index (χ4v) is 4.90. The topological polar surface area (TPSA) is 49.3 Å². The molecule has 0 unspecified atom stereocenters. The van der Waals surface area contributed by atoms with Gasteiger partial charge in [-0.05, 0) is 36.2 Å². The molecule has 1 aromatic heterocycles. The molecular weight excluding hydrogens is 419 g/mol. The molecule has 3 aromatic rings. The molecule has 1 saturated heterocycles. The van der Waals surface area contributed by atoms with Crippen LogP contribution >= 0.6 is 23.3 Å². The van der Waals surface area contributed by atoms with Crippen molar-refractivity contribution in [2.24, 2.45) is 0 Å². The van der Waals surface area contributed by atoms with E-state index >= 15 is 0 Å². The molecule has 8 heteroatoms. The van der Waals surface area contributed by atoms with Gasteiger partial charge in [-0.1, -0.05) is 30.3 Å². The summed E-state index contributed by atoms with van der Waals surface area (Å²) in [4.78, 5) is 22.6. The Hall–Kier alpha value is -2.45. The van der Waals surface area contributed by atoms with E-state index in [1.54, 1.807) is 23.9 Å². The molecule has 2 aromatic carbocycles. The number of nitrogens with zero attached hydrogens (tertiary/aromatic N) is 4. The van der Waals surface area contributed by atoms with Crippen LogP contribution < -0.4 is 4.90 Å². The number of rotatable bonds is 6. The summed E-state index contributed by atoms with van der Waals surface area (Å²) in [5, 5.41) is 0.889. The molecule has 2 heterocycles. The Bertz CT molecular complexity index is 965. The first kappa shape index (κ1) is 20.8. The van der Waals surface area contributed by atoms with Gasteiger partial charge < -0.3 is 9.80 Å². The molecule has 1 aliphatic rings. The van der Waals surface area contributed by atoms with Gasteiger partial charge in [0.05, 0.1) is 5.75 Å². The lowest BCUT2D eigenvalue weighted by Crippen LogP contribution is -2.36. The van der Waals surface area contributed by atoms with Crippen molar-refractivity contribution in [2.45, 2.75) is 17.7 Å². The minimum Gasteiger partial charge on any atom is -0.345 e. The number of anilines is 1. The van der Waals surface area contributed by atoms with Gasteiger partial charge in [-0.2, -0.15) is 4.37 Å². The van der Waals surface area contributed by atoms with Gasteiger partial charge in [-0.25, -0.2) is 9.37 Å². The van der Waals surface area contributed by atoms with Crippen LogP contribution in [0.15, 0.2) is 59.5 Å². The van der Waals surface area contributed by atoms with Gasteiger partial charge in [0.15, 0.2) is 0 Å². The van der Waals surface area contributed by atoms with Gasteiger partial charge >= 0.3 is 0 Å². The smallest absolute Gasteiger partial charge is 0.232 e. The summed E-state index contributed by atoms with van der Waals surface area (Å²) >= 11 is 2.97. The van der Waals surface area contributed by atoms with Crippen molar-refractivity contribution in [1.82, 2.24) is 14.3 Å². The van der Waals surface area contributed by atoms with Gasteiger partial charge in [0.25, 0.3) is 0 Å². The van der Waals surface area contributed by atoms with Crippen LogP contribution in [0.25, 0.3) is 0 Å². The molecule has 1 aliphatic heterocycles. The van der Waals surface area contributed by atoms with E-state index in [0.717, 1.165) is 47.5 Å². The second-order valence-electron chi connectivity index (χ2n) is 7.12. The Morgan fingerprint density at radius 2 is 1.83 bits per heavy atom. The first-order chi connectivity index (χ1) is 14.7. The maximum atomic E-state index is 13.1. The summed E-state index contributed by atoms with van der Waals surface area (Å²) in [6.45, 7) is 3.08. The quantitative estimate of drug-likeness (QED) is 0.538. The number of halogens is 1. The zero-order valence-electron chi connectivity index (χ0n) is 16.5. The molecule has 156 valence electrons. The van der Waals surface area contributed by atoms with E-state index in [9.17, 15) is 9.18 Å². The van der Waals surface area contributed by atoms with Crippen molar-refractivity contribution in [1.29, 1.82) is 0 Å². The van der Waals surface area contributed by atoms with E-state index in [4.69, 9.17) is 0 Å². The average Bonchev–Trinajstić information content (AvgIpc) is 3.09. The van der Waals surface area contributed by atoms with E-state index in [-0.39, 0.29) is 11.7 Å². The molecule has 0 radical (unpaired) electrons. The molecule has 1 fully saturated rings. The minimum absolute atomic E-state index is 0.181. The lowest BCUT2D eigenvalue weighted by atomic mass is 10.1. The molecular formula is C22H23FN4OS2.